The predicted octanol–water partition coefficient (Wildman–Crippen LogP) is 0.490. The van der Waals surface area contributed by atoms with Gasteiger partial charge in [0.25, 0.3) is 0 Å². The van der Waals surface area contributed by atoms with E-state index in [1.54, 1.807) is 13.1 Å². The molecule has 7 heteroatoms. The first-order valence-corrected chi connectivity index (χ1v) is 7.11. The lowest BCUT2D eigenvalue weighted by Gasteiger charge is -2.23. The van der Waals surface area contributed by atoms with Gasteiger partial charge in [0.15, 0.2) is 11.5 Å². The Morgan fingerprint density at radius 3 is 2.64 bits per heavy atom. The van der Waals surface area contributed by atoms with Crippen LogP contribution in [0.4, 0.5) is 4.39 Å². The molecule has 22 heavy (non-hydrogen) atoms. The van der Waals surface area contributed by atoms with Gasteiger partial charge in [0, 0.05) is 37.8 Å². The van der Waals surface area contributed by atoms with Crippen molar-refractivity contribution < 1.29 is 18.7 Å². The number of amides is 1. The van der Waals surface area contributed by atoms with Crippen molar-refractivity contribution in [2.75, 3.05) is 27.8 Å². The second-order valence-corrected chi connectivity index (χ2v) is 5.35. The van der Waals surface area contributed by atoms with E-state index in [9.17, 15) is 9.18 Å². The third-order valence-corrected chi connectivity index (χ3v) is 3.91. The number of rotatable bonds is 5. The topological polar surface area (TPSA) is 76.8 Å². The minimum absolute atomic E-state index is 0.0921. The molecule has 0 aromatic heterocycles. The molecule has 0 bridgehead atoms. The molecule has 1 aromatic rings. The van der Waals surface area contributed by atoms with Crippen LogP contribution in [0, 0.1) is 5.82 Å². The summed E-state index contributed by atoms with van der Waals surface area (Å²) in [6.45, 7) is 0.837. The number of carbonyl (C=O) groups is 1. The van der Waals surface area contributed by atoms with Crippen LogP contribution < -0.4 is 20.5 Å². The van der Waals surface area contributed by atoms with Crippen molar-refractivity contribution in [3.05, 3.63) is 23.5 Å². The van der Waals surface area contributed by atoms with E-state index in [-0.39, 0.29) is 24.5 Å². The van der Waals surface area contributed by atoms with Gasteiger partial charge in [0.1, 0.15) is 5.82 Å². The van der Waals surface area contributed by atoms with E-state index in [0.717, 1.165) is 0 Å². The zero-order valence-electron chi connectivity index (χ0n) is 13.1. The zero-order valence-corrected chi connectivity index (χ0v) is 13.1. The van der Waals surface area contributed by atoms with Crippen molar-refractivity contribution in [3.63, 3.8) is 0 Å². The van der Waals surface area contributed by atoms with Crippen LogP contribution in [0.5, 0.6) is 11.5 Å². The first kappa shape index (κ1) is 16.5. The van der Waals surface area contributed by atoms with Crippen LogP contribution in [0.25, 0.3) is 0 Å². The lowest BCUT2D eigenvalue weighted by Crippen LogP contribution is -2.41. The predicted molar refractivity (Wildman–Crippen MR) is 80.4 cm³/mol. The number of nitrogens with two attached hydrogens (primary N) is 1. The second kappa shape index (κ2) is 6.93. The monoisotopic (exact) mass is 311 g/mol. The SMILES string of the molecule is CNC(=O)[C@@H]1C[C@@H](N)CN1Cc1cc(OC)c(OC)cc1F. The van der Waals surface area contributed by atoms with Crippen LogP contribution in [0.15, 0.2) is 12.1 Å². The number of ether oxygens (including phenoxy) is 2. The van der Waals surface area contributed by atoms with Gasteiger partial charge < -0.3 is 20.5 Å². The Bertz CT molecular complexity index is 553. The Balaban J connectivity index is 2.24. The summed E-state index contributed by atoms with van der Waals surface area (Å²) < 4.78 is 24.5. The van der Waals surface area contributed by atoms with Gasteiger partial charge in [-0.05, 0) is 12.5 Å². The average Bonchev–Trinajstić information content (AvgIpc) is 2.88. The molecule has 0 radical (unpaired) electrons. The van der Waals surface area contributed by atoms with Crippen LogP contribution in [0.3, 0.4) is 0 Å². The number of likely N-dealkylation sites (N-methyl/N-ethyl adjacent to an activating group) is 1. The molecule has 1 fully saturated rings. The summed E-state index contributed by atoms with van der Waals surface area (Å²) in [5.74, 6) is 0.297. The number of carbonyl (C=O) groups excluding carboxylic acids is 1. The van der Waals surface area contributed by atoms with Gasteiger partial charge in [-0.3, -0.25) is 9.69 Å². The fourth-order valence-electron chi connectivity index (χ4n) is 2.79. The molecule has 1 aliphatic rings. The maximum atomic E-state index is 14.2. The molecule has 3 N–H and O–H groups in total. The van der Waals surface area contributed by atoms with Gasteiger partial charge in [0.05, 0.1) is 20.3 Å². The Hall–Kier alpha value is -1.86. The second-order valence-electron chi connectivity index (χ2n) is 5.35. The molecular weight excluding hydrogens is 289 g/mol. The third-order valence-electron chi connectivity index (χ3n) is 3.91. The van der Waals surface area contributed by atoms with Crippen molar-refractivity contribution in [1.82, 2.24) is 10.2 Å². The number of nitrogens with zero attached hydrogens (tertiary/aromatic N) is 1. The maximum Gasteiger partial charge on any atom is 0.237 e. The fraction of sp³-hybridized carbons (Fsp3) is 0.533. The Kier molecular flexibility index (Phi) is 5.20. The largest absolute Gasteiger partial charge is 0.493 e. The van der Waals surface area contributed by atoms with Crippen molar-refractivity contribution in [2.24, 2.45) is 5.73 Å². The molecule has 2 atom stereocenters. The third kappa shape index (κ3) is 3.31. The Labute approximate surface area is 129 Å². The highest BCUT2D eigenvalue weighted by Gasteiger charge is 2.35. The van der Waals surface area contributed by atoms with E-state index >= 15 is 0 Å². The van der Waals surface area contributed by atoms with E-state index in [1.807, 2.05) is 4.90 Å². The summed E-state index contributed by atoms with van der Waals surface area (Å²) in [6, 6.07) is 2.45. The molecule has 1 aliphatic heterocycles. The standard InChI is InChI=1S/C15H22FN3O3/c1-18-15(20)12-5-10(17)8-19(12)7-9-4-13(21-2)14(22-3)6-11(9)16/h4,6,10,12H,5,7-8,17H2,1-3H3,(H,18,20)/t10-,12+/m1/s1. The van der Waals surface area contributed by atoms with E-state index in [4.69, 9.17) is 15.2 Å². The van der Waals surface area contributed by atoms with Crippen molar-refractivity contribution in [1.29, 1.82) is 0 Å². The molecule has 0 aliphatic carbocycles. The van der Waals surface area contributed by atoms with Crippen molar-refractivity contribution >= 4 is 5.91 Å². The molecule has 0 saturated carbocycles. The molecule has 6 nitrogen and oxygen atoms in total. The van der Waals surface area contributed by atoms with Gasteiger partial charge in [-0.1, -0.05) is 0 Å². The minimum Gasteiger partial charge on any atom is -0.493 e. The molecule has 2 rings (SSSR count). The van der Waals surface area contributed by atoms with Crippen LogP contribution in [0.2, 0.25) is 0 Å². The Morgan fingerprint density at radius 1 is 1.41 bits per heavy atom. The van der Waals surface area contributed by atoms with Crippen LogP contribution >= 0.6 is 0 Å². The summed E-state index contributed by atoms with van der Waals surface area (Å²) >= 11 is 0. The average molecular weight is 311 g/mol. The van der Waals surface area contributed by atoms with E-state index < -0.39 is 5.82 Å². The van der Waals surface area contributed by atoms with Gasteiger partial charge in [-0.25, -0.2) is 4.39 Å². The van der Waals surface area contributed by atoms with Crippen molar-refractivity contribution in [3.8, 4) is 11.5 Å². The van der Waals surface area contributed by atoms with E-state index in [2.05, 4.69) is 5.32 Å². The van der Waals surface area contributed by atoms with Gasteiger partial charge in [-0.2, -0.15) is 0 Å². The van der Waals surface area contributed by atoms with Gasteiger partial charge >= 0.3 is 0 Å². The molecule has 122 valence electrons. The molecule has 1 aromatic carbocycles. The number of nitrogens with one attached hydrogen (secondary N) is 1. The number of hydrogen-bond acceptors (Lipinski definition) is 5. The Morgan fingerprint density at radius 2 is 2.05 bits per heavy atom. The van der Waals surface area contributed by atoms with Crippen LogP contribution in [0.1, 0.15) is 12.0 Å². The summed E-state index contributed by atoms with van der Waals surface area (Å²) in [7, 11) is 4.54. The summed E-state index contributed by atoms with van der Waals surface area (Å²) in [4.78, 5) is 13.8. The van der Waals surface area contributed by atoms with Crippen molar-refractivity contribution in [2.45, 2.75) is 25.0 Å². The van der Waals surface area contributed by atoms with Crippen LogP contribution in [-0.4, -0.2) is 50.7 Å². The fourth-order valence-corrected chi connectivity index (χ4v) is 2.79. The first-order valence-electron chi connectivity index (χ1n) is 7.11. The highest BCUT2D eigenvalue weighted by Crippen LogP contribution is 2.31. The van der Waals surface area contributed by atoms with Crippen LogP contribution in [-0.2, 0) is 11.3 Å². The van der Waals surface area contributed by atoms with Gasteiger partial charge in [0.2, 0.25) is 5.91 Å². The molecule has 0 spiro atoms. The van der Waals surface area contributed by atoms with Gasteiger partial charge in [-0.15, -0.1) is 0 Å². The lowest BCUT2D eigenvalue weighted by molar-refractivity contribution is -0.125. The number of likely N-dealkylation sites (tertiary alicyclic amines) is 1. The number of methoxy groups -OCH3 is 2. The highest BCUT2D eigenvalue weighted by atomic mass is 19.1. The van der Waals surface area contributed by atoms with E-state index in [1.165, 1.54) is 20.3 Å². The van der Waals surface area contributed by atoms with E-state index in [0.29, 0.717) is 30.0 Å². The molecular formula is C15H22FN3O3. The summed E-state index contributed by atoms with van der Waals surface area (Å²) in [6.07, 6.45) is 0.564. The summed E-state index contributed by atoms with van der Waals surface area (Å²) in [5, 5.41) is 2.62. The smallest absolute Gasteiger partial charge is 0.237 e. The maximum absolute atomic E-state index is 14.2. The normalized spacial score (nSPS) is 21.7. The molecule has 1 amide bonds. The molecule has 0 unspecified atom stereocenters. The number of benzene rings is 1. The number of halogens is 1. The zero-order chi connectivity index (χ0) is 16.3. The number of hydrogen-bond donors (Lipinski definition) is 2. The molecule has 1 saturated heterocycles. The first-order chi connectivity index (χ1) is 10.5. The molecule has 1 heterocycles. The summed E-state index contributed by atoms with van der Waals surface area (Å²) in [5.41, 5.74) is 6.39. The minimum atomic E-state index is -0.395. The quantitative estimate of drug-likeness (QED) is 0.828. The lowest BCUT2D eigenvalue weighted by atomic mass is 10.1. The highest BCUT2D eigenvalue weighted by molar-refractivity contribution is 5.81.